The van der Waals surface area contributed by atoms with Gasteiger partial charge < -0.3 is 23.0 Å². The molecule has 9 rings (SSSR count). The molecule has 8 aromatic carbocycles. The van der Waals surface area contributed by atoms with Crippen LogP contribution in [0.3, 0.4) is 0 Å². The second-order valence-electron chi connectivity index (χ2n) is 19.1. The maximum Gasteiger partial charge on any atom is 0.332 e. The van der Waals surface area contributed by atoms with E-state index in [1.54, 1.807) is 54.6 Å². The summed E-state index contributed by atoms with van der Waals surface area (Å²) in [4.78, 5) is 11.3. The van der Waals surface area contributed by atoms with Crippen LogP contribution in [0, 0.1) is 68.7 Å². The van der Waals surface area contributed by atoms with Gasteiger partial charge in [-0.1, -0.05) is 112 Å². The van der Waals surface area contributed by atoms with Crippen LogP contribution in [0.4, 0.5) is 32.0 Å². The molecule has 0 N–H and O–H groups in total. The largest absolute Gasteiger partial charge is 0.494 e. The van der Waals surface area contributed by atoms with Gasteiger partial charge in [-0.15, -0.1) is 0 Å². The second kappa shape index (κ2) is 32.0. The van der Waals surface area contributed by atoms with E-state index in [-0.39, 0.29) is 16.8 Å². The van der Waals surface area contributed by atoms with E-state index in [9.17, 15) is 36.5 Å². The van der Waals surface area contributed by atoms with Crippen molar-refractivity contribution in [3.8, 4) is 79.7 Å². The highest BCUT2D eigenvalue weighted by Gasteiger charge is 2.20. The quantitative estimate of drug-likeness (QED) is 0.0188. The number of benzene rings is 8. The maximum atomic E-state index is 14.7. The summed E-state index contributed by atoms with van der Waals surface area (Å²) in [6.07, 6.45) is 7.37. The molecule has 0 saturated heterocycles. The molecule has 434 valence electrons. The monoisotopic (exact) mass is 1160 g/mol. The first-order valence-corrected chi connectivity index (χ1v) is 28.9. The Kier molecular flexibility index (Phi) is 24.1. The molecule has 8 aromatic rings. The number of hydrogen-bond acceptors (Lipinski definition) is 7. The third kappa shape index (κ3) is 17.9. The van der Waals surface area contributed by atoms with Crippen molar-refractivity contribution in [3.05, 3.63) is 230 Å². The molecule has 0 bridgehead atoms. The predicted octanol–water partition coefficient (Wildman–Crippen LogP) is 18.9. The molecule has 0 aliphatic heterocycles. The van der Waals surface area contributed by atoms with Gasteiger partial charge in [0.05, 0.1) is 54.6 Å². The average Bonchev–Trinajstić information content (AvgIpc) is 3.84. The van der Waals surface area contributed by atoms with Gasteiger partial charge in [-0.05, 0) is 187 Å². The number of halogens is 6. The van der Waals surface area contributed by atoms with Crippen LogP contribution in [0.25, 0.3) is 44.5 Å². The number of nitrogens with zero attached hydrogens (tertiary/aromatic N) is 1. The van der Waals surface area contributed by atoms with Crippen molar-refractivity contribution in [2.24, 2.45) is 0 Å². The summed E-state index contributed by atoms with van der Waals surface area (Å²) in [6, 6.07) is 39.5. The summed E-state index contributed by atoms with van der Waals surface area (Å²) in [7, 11) is -1.06. The molecule has 0 amide bonds. The van der Waals surface area contributed by atoms with Crippen LogP contribution in [0.1, 0.15) is 107 Å². The topological polar surface area (TPSA) is 89.3 Å². The number of nitro groups is 1. The summed E-state index contributed by atoms with van der Waals surface area (Å²) >= 11 is 0. The van der Waals surface area contributed by atoms with E-state index in [0.29, 0.717) is 71.1 Å². The molecule has 0 heterocycles. The Morgan fingerprint density at radius 2 is 0.845 bits per heavy atom. The average molecular weight is 1160 g/mol. The first-order chi connectivity index (χ1) is 40.7. The number of rotatable bonds is 20. The van der Waals surface area contributed by atoms with Gasteiger partial charge in [-0.2, -0.15) is 0 Å². The Bertz CT molecular complexity index is 3650. The molecule has 15 heteroatoms. The number of unbranched alkanes of at least 4 members (excludes halogenated alkanes) is 4. The lowest BCUT2D eigenvalue weighted by atomic mass is 10.0. The summed E-state index contributed by atoms with van der Waals surface area (Å²) < 4.78 is 110. The van der Waals surface area contributed by atoms with Gasteiger partial charge in [0, 0.05) is 17.2 Å². The van der Waals surface area contributed by atoms with E-state index in [1.807, 2.05) is 32.9 Å². The molecule has 0 aromatic heterocycles. The van der Waals surface area contributed by atoms with Crippen molar-refractivity contribution in [1.29, 1.82) is 0 Å². The third-order valence-electron chi connectivity index (χ3n) is 13.1. The molecular weight excluding hydrogens is 1100 g/mol. The second-order valence-corrected chi connectivity index (χ2v) is 20.3. The van der Waals surface area contributed by atoms with E-state index in [1.165, 1.54) is 71.5 Å². The van der Waals surface area contributed by atoms with E-state index in [0.717, 1.165) is 74.3 Å². The van der Waals surface area contributed by atoms with E-state index < -0.39 is 48.4 Å². The van der Waals surface area contributed by atoms with Gasteiger partial charge >= 0.3 is 8.60 Å². The Hall–Kier alpha value is -8.23. The Morgan fingerprint density at radius 1 is 0.429 bits per heavy atom. The molecule has 0 spiro atoms. The molecule has 0 unspecified atom stereocenters. The van der Waals surface area contributed by atoms with Crippen LogP contribution in [-0.4, -0.2) is 38.0 Å². The van der Waals surface area contributed by atoms with Crippen molar-refractivity contribution in [3.63, 3.8) is 0 Å². The molecule has 0 radical (unpaired) electrons. The normalized spacial score (nSPS) is 11.0. The van der Waals surface area contributed by atoms with Crippen LogP contribution >= 0.6 is 8.60 Å². The van der Waals surface area contributed by atoms with Gasteiger partial charge in [0.25, 0.3) is 5.69 Å². The minimum absolute atomic E-state index is 0.0672. The highest BCUT2D eigenvalue weighted by atomic mass is 31.2. The zero-order chi connectivity index (χ0) is 60.0. The third-order valence-corrected chi connectivity index (χ3v) is 14.5. The lowest BCUT2D eigenvalue weighted by Crippen LogP contribution is -1.97. The molecule has 8 nitrogen and oxygen atoms in total. The van der Waals surface area contributed by atoms with E-state index in [4.69, 9.17) is 23.0 Å². The predicted molar refractivity (Wildman–Crippen MR) is 321 cm³/mol. The minimum Gasteiger partial charge on any atom is -0.494 e. The fourth-order valence-electron chi connectivity index (χ4n) is 8.82. The summed E-state index contributed by atoms with van der Waals surface area (Å²) in [6.45, 7) is 13.4. The number of fused-ring (bicyclic) bond motifs is 3. The molecule has 84 heavy (non-hydrogen) atoms. The maximum absolute atomic E-state index is 14.7. The minimum atomic E-state index is -1.06. The smallest absolute Gasteiger partial charge is 0.332 e. The molecule has 0 atom stereocenters. The van der Waals surface area contributed by atoms with Crippen molar-refractivity contribution in [1.82, 2.24) is 0 Å². The summed E-state index contributed by atoms with van der Waals surface area (Å²) in [5, 5.41) is 11.8. The lowest BCUT2D eigenvalue weighted by molar-refractivity contribution is -0.384. The fourth-order valence-corrected chi connectivity index (χ4v) is 9.68. The van der Waals surface area contributed by atoms with Crippen molar-refractivity contribution >= 4 is 14.3 Å². The number of ether oxygens (including phenoxy) is 2. The summed E-state index contributed by atoms with van der Waals surface area (Å²) in [5.74, 6) is 7.96. The first-order valence-electron chi connectivity index (χ1n) is 27.9. The zero-order valence-electron chi connectivity index (χ0n) is 47.4. The van der Waals surface area contributed by atoms with Crippen molar-refractivity contribution in [2.75, 3.05) is 33.0 Å². The number of hydrogen-bond donors (Lipinski definition) is 0. The van der Waals surface area contributed by atoms with Gasteiger partial charge in [0.1, 0.15) is 23.1 Å². The Labute approximate surface area is 488 Å². The highest BCUT2D eigenvalue weighted by molar-refractivity contribution is 7.41. The highest BCUT2D eigenvalue weighted by Crippen LogP contribution is 2.40. The Morgan fingerprint density at radius 3 is 1.31 bits per heavy atom. The van der Waals surface area contributed by atoms with Crippen LogP contribution < -0.4 is 9.47 Å². The zero-order valence-corrected chi connectivity index (χ0v) is 48.3. The van der Waals surface area contributed by atoms with Crippen molar-refractivity contribution < 1.29 is 54.3 Å². The lowest BCUT2D eigenvalue weighted by Gasteiger charge is -2.12. The first kappa shape index (κ1) is 63.4. The van der Waals surface area contributed by atoms with Crippen LogP contribution in [-0.2, 0) is 20.0 Å². The summed E-state index contributed by atoms with van der Waals surface area (Å²) in [5.41, 5.74) is 8.82. The molecular formula is C69H64F6NO7P. The molecule has 0 fully saturated rings. The van der Waals surface area contributed by atoms with Gasteiger partial charge in [0.15, 0.2) is 23.3 Å². The SMILES string of the molecule is CCCCCOc1ccc(-c2ccc(C#Cc3ccc(-c4ccc(F)c(F)c4)cc3F)cc2[N+](=O)[O-])cc1.CCCCCOc1ccc2c(c1)Cc1cc(C#Cc3ccc(-c4ccc(F)c(F)c4)cc3F)ccc1-2.CCOP(OCC)OCC. The fraction of sp³-hybridized carbons (Fsp3) is 0.246. The van der Waals surface area contributed by atoms with Crippen LogP contribution in [0.15, 0.2) is 152 Å². The Balaban J connectivity index is 0.000000208. The molecule has 0 saturated carbocycles. The standard InChI is InChI=1S/C32H25F3O.C31H24F3NO3.C6H15O3P/c1-2-3-4-15-36-27-11-13-29-26(18-27)17-25-16-21(6-12-28(25)29)5-7-22-8-9-23(19-31(22)34)24-10-14-30(33)32(35)20-24;1-2-3-4-17-38-26-13-10-22(11-14-26)27-15-6-21(18-31(27)35(36)37)5-7-23-8-9-24(19-29(23)33)25-12-16-28(32)30(34)20-25;1-4-7-10(8-5-2)9-6-3/h6,8-14,16,18-20H,2-4,15,17H2,1H3;6,8-16,18-20H,2-4,17H2,1H3;4-6H2,1-3H3. The molecule has 1 aliphatic rings. The van der Waals surface area contributed by atoms with Gasteiger partial charge in [0.2, 0.25) is 0 Å². The molecule has 1 aliphatic carbocycles. The number of nitro benzene ring substituents is 1. The van der Waals surface area contributed by atoms with Gasteiger partial charge in [-0.25, -0.2) is 26.3 Å². The van der Waals surface area contributed by atoms with E-state index in [2.05, 4.69) is 61.8 Å². The van der Waals surface area contributed by atoms with Crippen molar-refractivity contribution in [2.45, 2.75) is 79.6 Å². The van der Waals surface area contributed by atoms with Crippen LogP contribution in [0.2, 0.25) is 0 Å². The van der Waals surface area contributed by atoms with E-state index >= 15 is 0 Å². The van der Waals surface area contributed by atoms with Gasteiger partial charge in [-0.3, -0.25) is 10.1 Å². The van der Waals surface area contributed by atoms with Crippen LogP contribution in [0.5, 0.6) is 11.5 Å².